The second-order valence-corrected chi connectivity index (χ2v) is 8.04. The number of carbonyl (C=O) groups is 1. The highest BCUT2D eigenvalue weighted by molar-refractivity contribution is 6.01. The zero-order valence-corrected chi connectivity index (χ0v) is 17.9. The maximum Gasteiger partial charge on any atom is 0.163 e. The third kappa shape index (κ3) is 4.23. The fraction of sp³-hybridized carbons (Fsp3) is 0.360. The highest BCUT2D eigenvalue weighted by atomic mass is 16.5. The molecular weight excluding hydrogens is 376 g/mol. The van der Waals surface area contributed by atoms with Crippen molar-refractivity contribution < 1.29 is 13.9 Å². The van der Waals surface area contributed by atoms with E-state index in [1.165, 1.54) is 0 Å². The van der Waals surface area contributed by atoms with Crippen LogP contribution in [-0.2, 0) is 17.7 Å². The van der Waals surface area contributed by atoms with E-state index in [9.17, 15) is 4.79 Å². The van der Waals surface area contributed by atoms with E-state index in [0.29, 0.717) is 25.6 Å². The molecule has 0 saturated carbocycles. The molecule has 2 heterocycles. The van der Waals surface area contributed by atoms with E-state index < -0.39 is 0 Å². The number of nitrogens with zero attached hydrogens (tertiary/aromatic N) is 2. The number of methoxy groups -OCH3 is 1. The summed E-state index contributed by atoms with van der Waals surface area (Å²) in [4.78, 5) is 18.5. The van der Waals surface area contributed by atoms with E-state index in [2.05, 4.69) is 35.9 Å². The number of ketones is 1. The summed E-state index contributed by atoms with van der Waals surface area (Å²) < 4.78 is 11.7. The van der Waals surface area contributed by atoms with Gasteiger partial charge in [-0.25, -0.2) is 0 Å². The Morgan fingerprint density at radius 2 is 1.87 bits per heavy atom. The van der Waals surface area contributed by atoms with E-state index in [1.54, 1.807) is 19.5 Å². The van der Waals surface area contributed by atoms with Crippen LogP contribution in [0.3, 0.4) is 0 Å². The molecule has 2 aromatic heterocycles. The predicted octanol–water partition coefficient (Wildman–Crippen LogP) is 4.99. The molecule has 0 saturated heterocycles. The third-order valence-electron chi connectivity index (χ3n) is 5.74. The van der Waals surface area contributed by atoms with Crippen molar-refractivity contribution in [3.05, 3.63) is 65.7 Å². The molecule has 3 aromatic rings. The second-order valence-electron chi connectivity index (χ2n) is 8.04. The van der Waals surface area contributed by atoms with Crippen LogP contribution in [0.4, 0.5) is 0 Å². The number of hydrogen-bond donors (Lipinski definition) is 0. The molecule has 1 aliphatic rings. The number of Topliss-reactive ketones (excluding diaryl/α,β-unsaturated/α-hetero) is 1. The molecule has 0 spiro atoms. The molecule has 0 bridgehead atoms. The van der Waals surface area contributed by atoms with Crippen LogP contribution in [0.25, 0.3) is 22.5 Å². The van der Waals surface area contributed by atoms with E-state index >= 15 is 0 Å². The molecule has 0 amide bonds. The fourth-order valence-corrected chi connectivity index (χ4v) is 4.01. The van der Waals surface area contributed by atoms with Gasteiger partial charge >= 0.3 is 0 Å². The van der Waals surface area contributed by atoms with Gasteiger partial charge in [0.2, 0.25) is 0 Å². The van der Waals surface area contributed by atoms with Gasteiger partial charge in [-0.2, -0.15) is 0 Å². The van der Waals surface area contributed by atoms with E-state index in [0.717, 1.165) is 52.3 Å². The van der Waals surface area contributed by atoms with E-state index in [-0.39, 0.29) is 5.78 Å². The number of rotatable bonds is 8. The van der Waals surface area contributed by atoms with Gasteiger partial charge in [0.25, 0.3) is 0 Å². The van der Waals surface area contributed by atoms with Gasteiger partial charge in [0.05, 0.1) is 13.2 Å². The lowest BCUT2D eigenvalue weighted by Gasteiger charge is -2.24. The molecular formula is C25H28N2O3. The number of hydrogen-bond acceptors (Lipinski definition) is 5. The van der Waals surface area contributed by atoms with Gasteiger partial charge < -0.3 is 9.15 Å². The van der Waals surface area contributed by atoms with Gasteiger partial charge in [0.15, 0.2) is 5.78 Å². The van der Waals surface area contributed by atoms with Crippen LogP contribution in [0, 0.1) is 0 Å². The number of pyridine rings is 1. The SMILES string of the molecule is COCCN(Cc1cc(-c2ccncc2)c(-c2ccc3c(c2)CCC3=O)o1)C(C)C. The van der Waals surface area contributed by atoms with Crippen molar-refractivity contribution in [2.75, 3.05) is 20.3 Å². The first-order valence-corrected chi connectivity index (χ1v) is 10.5. The highest BCUT2D eigenvalue weighted by Gasteiger charge is 2.23. The summed E-state index contributed by atoms with van der Waals surface area (Å²) >= 11 is 0. The van der Waals surface area contributed by atoms with Crippen molar-refractivity contribution in [1.29, 1.82) is 0 Å². The van der Waals surface area contributed by atoms with Crippen molar-refractivity contribution >= 4 is 5.78 Å². The number of ether oxygens (including phenoxy) is 1. The van der Waals surface area contributed by atoms with Crippen LogP contribution in [0.5, 0.6) is 0 Å². The molecule has 0 unspecified atom stereocenters. The summed E-state index contributed by atoms with van der Waals surface area (Å²) in [5, 5.41) is 0. The third-order valence-corrected chi connectivity index (χ3v) is 5.74. The number of carbonyl (C=O) groups excluding carboxylic acids is 1. The first kappa shape index (κ1) is 20.5. The molecule has 0 aliphatic heterocycles. The summed E-state index contributed by atoms with van der Waals surface area (Å²) in [6.45, 7) is 6.60. The van der Waals surface area contributed by atoms with Crippen LogP contribution in [0.15, 0.2) is 53.2 Å². The summed E-state index contributed by atoms with van der Waals surface area (Å²) in [6.07, 6.45) is 5.00. The Morgan fingerprint density at radius 1 is 1.07 bits per heavy atom. The molecule has 156 valence electrons. The maximum atomic E-state index is 12.0. The largest absolute Gasteiger partial charge is 0.459 e. The Kier molecular flexibility index (Phi) is 6.11. The van der Waals surface area contributed by atoms with Crippen LogP contribution < -0.4 is 0 Å². The van der Waals surface area contributed by atoms with Crippen molar-refractivity contribution in [3.63, 3.8) is 0 Å². The van der Waals surface area contributed by atoms with Crippen molar-refractivity contribution in [1.82, 2.24) is 9.88 Å². The Hall–Kier alpha value is -2.76. The zero-order valence-electron chi connectivity index (χ0n) is 17.9. The molecule has 5 heteroatoms. The maximum absolute atomic E-state index is 12.0. The fourth-order valence-electron chi connectivity index (χ4n) is 4.01. The molecule has 30 heavy (non-hydrogen) atoms. The van der Waals surface area contributed by atoms with Crippen molar-refractivity contribution in [2.45, 2.75) is 39.3 Å². The quantitative estimate of drug-likeness (QED) is 0.529. The average Bonchev–Trinajstić information content (AvgIpc) is 3.35. The van der Waals surface area contributed by atoms with Crippen molar-refractivity contribution in [3.8, 4) is 22.5 Å². The highest BCUT2D eigenvalue weighted by Crippen LogP contribution is 2.37. The molecule has 0 N–H and O–H groups in total. The van der Waals surface area contributed by atoms with Gasteiger partial charge in [0.1, 0.15) is 11.5 Å². The molecule has 5 nitrogen and oxygen atoms in total. The number of aryl methyl sites for hydroxylation is 1. The minimum absolute atomic E-state index is 0.233. The zero-order chi connectivity index (χ0) is 21.1. The van der Waals surface area contributed by atoms with Gasteiger partial charge in [-0.15, -0.1) is 0 Å². The summed E-state index contributed by atoms with van der Waals surface area (Å²) in [7, 11) is 1.73. The number of furan rings is 1. The van der Waals surface area contributed by atoms with Crippen molar-refractivity contribution in [2.24, 2.45) is 0 Å². The lowest BCUT2D eigenvalue weighted by atomic mass is 9.99. The monoisotopic (exact) mass is 404 g/mol. The van der Waals surface area contributed by atoms with Gasteiger partial charge in [-0.05, 0) is 55.7 Å². The molecule has 0 fully saturated rings. The minimum atomic E-state index is 0.233. The Morgan fingerprint density at radius 3 is 2.60 bits per heavy atom. The Bertz CT molecular complexity index is 1020. The average molecular weight is 405 g/mol. The summed E-state index contributed by atoms with van der Waals surface area (Å²) in [5.74, 6) is 1.99. The van der Waals surface area contributed by atoms with Crippen LogP contribution >= 0.6 is 0 Å². The Labute approximate surface area is 177 Å². The summed E-state index contributed by atoms with van der Waals surface area (Å²) in [6, 6.07) is 12.6. The number of benzene rings is 1. The lowest BCUT2D eigenvalue weighted by molar-refractivity contribution is 0.0994. The number of fused-ring (bicyclic) bond motifs is 1. The molecule has 1 aromatic carbocycles. The first-order valence-electron chi connectivity index (χ1n) is 10.5. The van der Waals surface area contributed by atoms with Crippen LogP contribution in [0.2, 0.25) is 0 Å². The smallest absolute Gasteiger partial charge is 0.163 e. The standard InChI is InChI=1S/C25H28N2O3/c1-17(2)27(12-13-29-3)16-21-15-23(18-8-10-26-11-9-18)25(30-21)20-4-6-22-19(14-20)5-7-24(22)28/h4,6,8-11,14-15,17H,5,7,12-13,16H2,1-3H3. The molecule has 0 radical (unpaired) electrons. The van der Waals surface area contributed by atoms with E-state index in [4.69, 9.17) is 9.15 Å². The second kappa shape index (κ2) is 8.94. The van der Waals surface area contributed by atoms with Gasteiger partial charge in [-0.3, -0.25) is 14.7 Å². The lowest BCUT2D eigenvalue weighted by Crippen LogP contribution is -2.33. The normalized spacial score (nSPS) is 13.4. The van der Waals surface area contributed by atoms with Gasteiger partial charge in [-0.1, -0.05) is 12.1 Å². The van der Waals surface area contributed by atoms with Crippen LogP contribution in [-0.4, -0.2) is 42.0 Å². The van der Waals surface area contributed by atoms with Crippen LogP contribution in [0.1, 0.15) is 41.9 Å². The number of aromatic nitrogens is 1. The first-order chi connectivity index (χ1) is 14.6. The molecule has 0 atom stereocenters. The molecule has 1 aliphatic carbocycles. The van der Waals surface area contributed by atoms with E-state index in [1.807, 2.05) is 24.3 Å². The minimum Gasteiger partial charge on any atom is -0.459 e. The topological polar surface area (TPSA) is 55.6 Å². The Balaban J connectivity index is 1.73. The van der Waals surface area contributed by atoms with Gasteiger partial charge in [0, 0.05) is 55.2 Å². The molecule has 4 rings (SSSR count). The predicted molar refractivity (Wildman–Crippen MR) is 117 cm³/mol. The summed E-state index contributed by atoms with van der Waals surface area (Å²) in [5.41, 5.74) is 5.09.